The van der Waals surface area contributed by atoms with E-state index in [2.05, 4.69) is 20.2 Å². The number of ketones is 1. The fourth-order valence-electron chi connectivity index (χ4n) is 2.30. The van der Waals surface area contributed by atoms with Crippen LogP contribution in [-0.4, -0.2) is 41.9 Å². The Balaban J connectivity index is 1.81. The zero-order valence-electron chi connectivity index (χ0n) is 11.6. The standard InChI is InChI=1S/C14H17N5OS/c15-13-10(3-1-5-17-13)12(20)11-9-18-14(21-11)19-7-2-4-16-6-8-19/h1,3,5,9,16H,2,4,6-8H2,(H2,15,17). The molecule has 0 spiro atoms. The highest BCUT2D eigenvalue weighted by molar-refractivity contribution is 7.17. The maximum Gasteiger partial charge on any atom is 0.208 e. The summed E-state index contributed by atoms with van der Waals surface area (Å²) in [6.07, 6.45) is 4.29. The molecule has 0 bridgehead atoms. The maximum absolute atomic E-state index is 12.5. The second-order valence-electron chi connectivity index (χ2n) is 4.86. The summed E-state index contributed by atoms with van der Waals surface area (Å²) in [6, 6.07) is 3.41. The molecule has 3 heterocycles. The van der Waals surface area contributed by atoms with Gasteiger partial charge in [0, 0.05) is 25.8 Å². The Hall–Kier alpha value is -1.99. The van der Waals surface area contributed by atoms with Crippen LogP contribution in [0.3, 0.4) is 0 Å². The lowest BCUT2D eigenvalue weighted by atomic mass is 10.1. The van der Waals surface area contributed by atoms with Gasteiger partial charge in [-0.05, 0) is 25.1 Å². The minimum Gasteiger partial charge on any atom is -0.383 e. The third-order valence-electron chi connectivity index (χ3n) is 3.41. The number of nitrogens with two attached hydrogens (primary N) is 1. The molecule has 0 saturated carbocycles. The molecular formula is C14H17N5OS. The van der Waals surface area contributed by atoms with Gasteiger partial charge in [0.15, 0.2) is 5.13 Å². The van der Waals surface area contributed by atoms with E-state index in [-0.39, 0.29) is 11.6 Å². The Bertz CT molecular complexity index is 634. The van der Waals surface area contributed by atoms with Crippen molar-refractivity contribution in [3.05, 3.63) is 35.0 Å². The van der Waals surface area contributed by atoms with Gasteiger partial charge in [-0.15, -0.1) is 0 Å². The van der Waals surface area contributed by atoms with E-state index < -0.39 is 0 Å². The lowest BCUT2D eigenvalue weighted by Gasteiger charge is -2.18. The van der Waals surface area contributed by atoms with Crippen LogP contribution in [0.15, 0.2) is 24.5 Å². The molecule has 0 radical (unpaired) electrons. The van der Waals surface area contributed by atoms with E-state index in [4.69, 9.17) is 5.73 Å². The molecule has 0 aromatic carbocycles. The first-order chi connectivity index (χ1) is 10.3. The number of carbonyl (C=O) groups excluding carboxylic acids is 1. The predicted octanol–water partition coefficient (Wildman–Crippen LogP) is 1.15. The maximum atomic E-state index is 12.5. The van der Waals surface area contributed by atoms with Crippen LogP contribution in [0.25, 0.3) is 0 Å². The van der Waals surface area contributed by atoms with Crippen molar-refractivity contribution in [1.29, 1.82) is 0 Å². The first kappa shape index (κ1) is 14.0. The van der Waals surface area contributed by atoms with Crippen LogP contribution < -0.4 is 16.0 Å². The SMILES string of the molecule is Nc1ncccc1C(=O)c1cnc(N2CCCNCC2)s1. The highest BCUT2D eigenvalue weighted by Gasteiger charge is 2.19. The quantitative estimate of drug-likeness (QED) is 0.828. The van der Waals surface area contributed by atoms with Crippen molar-refractivity contribution in [2.75, 3.05) is 36.8 Å². The third-order valence-corrected chi connectivity index (χ3v) is 4.47. The number of hydrogen-bond donors (Lipinski definition) is 2. The summed E-state index contributed by atoms with van der Waals surface area (Å²) in [5, 5.41) is 4.25. The van der Waals surface area contributed by atoms with E-state index >= 15 is 0 Å². The zero-order valence-corrected chi connectivity index (χ0v) is 12.4. The molecule has 0 atom stereocenters. The van der Waals surface area contributed by atoms with Crippen molar-refractivity contribution >= 4 is 28.1 Å². The highest BCUT2D eigenvalue weighted by atomic mass is 32.1. The Morgan fingerprint density at radius 1 is 1.33 bits per heavy atom. The molecule has 7 heteroatoms. The average Bonchev–Trinajstić information content (AvgIpc) is 2.83. The summed E-state index contributed by atoms with van der Waals surface area (Å²) in [5.41, 5.74) is 6.20. The van der Waals surface area contributed by atoms with Crippen LogP contribution in [0, 0.1) is 0 Å². The van der Waals surface area contributed by atoms with Crippen LogP contribution in [0.2, 0.25) is 0 Å². The third kappa shape index (κ3) is 3.03. The molecule has 0 unspecified atom stereocenters. The van der Waals surface area contributed by atoms with E-state index in [0.717, 1.165) is 37.7 Å². The summed E-state index contributed by atoms with van der Waals surface area (Å²) < 4.78 is 0. The number of anilines is 2. The van der Waals surface area contributed by atoms with Gasteiger partial charge in [-0.2, -0.15) is 0 Å². The number of hydrogen-bond acceptors (Lipinski definition) is 7. The van der Waals surface area contributed by atoms with Gasteiger partial charge in [0.05, 0.1) is 16.6 Å². The predicted molar refractivity (Wildman–Crippen MR) is 83.9 cm³/mol. The lowest BCUT2D eigenvalue weighted by Crippen LogP contribution is -2.27. The van der Waals surface area contributed by atoms with Gasteiger partial charge in [-0.25, -0.2) is 9.97 Å². The van der Waals surface area contributed by atoms with E-state index in [1.165, 1.54) is 11.3 Å². The second-order valence-corrected chi connectivity index (χ2v) is 5.87. The number of carbonyl (C=O) groups is 1. The van der Waals surface area contributed by atoms with Crippen LogP contribution in [0.1, 0.15) is 21.7 Å². The number of pyridine rings is 1. The number of aromatic nitrogens is 2. The second kappa shape index (κ2) is 6.19. The van der Waals surface area contributed by atoms with Crippen LogP contribution in [0.4, 0.5) is 10.9 Å². The molecule has 0 aliphatic carbocycles. The Labute approximate surface area is 127 Å². The summed E-state index contributed by atoms with van der Waals surface area (Å²) >= 11 is 1.41. The Morgan fingerprint density at radius 3 is 3.10 bits per heavy atom. The van der Waals surface area contributed by atoms with Gasteiger partial charge in [-0.1, -0.05) is 11.3 Å². The molecule has 3 rings (SSSR count). The topological polar surface area (TPSA) is 84.1 Å². The molecule has 1 aliphatic rings. The number of nitrogens with zero attached hydrogens (tertiary/aromatic N) is 3. The van der Waals surface area contributed by atoms with Crippen LogP contribution in [-0.2, 0) is 0 Å². The first-order valence-corrected chi connectivity index (χ1v) is 7.74. The normalized spacial score (nSPS) is 15.7. The Morgan fingerprint density at radius 2 is 2.24 bits per heavy atom. The lowest BCUT2D eigenvalue weighted by molar-refractivity contribution is 0.104. The Kier molecular flexibility index (Phi) is 4.12. The van der Waals surface area contributed by atoms with Crippen LogP contribution in [0.5, 0.6) is 0 Å². The summed E-state index contributed by atoms with van der Waals surface area (Å²) in [7, 11) is 0. The van der Waals surface area contributed by atoms with Crippen LogP contribution >= 0.6 is 11.3 Å². The first-order valence-electron chi connectivity index (χ1n) is 6.92. The fourth-order valence-corrected chi connectivity index (χ4v) is 3.22. The van der Waals surface area contributed by atoms with Gasteiger partial charge in [0.25, 0.3) is 0 Å². The summed E-state index contributed by atoms with van der Waals surface area (Å²) in [4.78, 5) is 23.6. The minimum atomic E-state index is -0.114. The molecule has 1 fully saturated rings. The van der Waals surface area contributed by atoms with Crippen molar-refractivity contribution in [3.8, 4) is 0 Å². The summed E-state index contributed by atoms with van der Waals surface area (Å²) in [5.74, 6) is 0.147. The molecule has 2 aromatic heterocycles. The molecular weight excluding hydrogens is 286 g/mol. The van der Waals surface area contributed by atoms with Crippen molar-refractivity contribution in [2.24, 2.45) is 0 Å². The van der Waals surface area contributed by atoms with Gasteiger partial charge < -0.3 is 16.0 Å². The fraction of sp³-hybridized carbons (Fsp3) is 0.357. The number of nitrogens with one attached hydrogen (secondary N) is 1. The van der Waals surface area contributed by atoms with E-state index in [1.807, 2.05) is 0 Å². The molecule has 1 saturated heterocycles. The van der Waals surface area contributed by atoms with Gasteiger partial charge in [0.1, 0.15) is 5.82 Å². The van der Waals surface area contributed by atoms with Crippen molar-refractivity contribution in [1.82, 2.24) is 15.3 Å². The number of rotatable bonds is 3. The van der Waals surface area contributed by atoms with Gasteiger partial charge >= 0.3 is 0 Å². The van der Waals surface area contributed by atoms with E-state index in [1.54, 1.807) is 24.5 Å². The molecule has 110 valence electrons. The van der Waals surface area contributed by atoms with Crippen molar-refractivity contribution in [3.63, 3.8) is 0 Å². The molecule has 3 N–H and O–H groups in total. The monoisotopic (exact) mass is 303 g/mol. The number of thiazole rings is 1. The van der Waals surface area contributed by atoms with Gasteiger partial charge in [0.2, 0.25) is 5.78 Å². The van der Waals surface area contributed by atoms with Gasteiger partial charge in [-0.3, -0.25) is 4.79 Å². The molecule has 1 aliphatic heterocycles. The summed E-state index contributed by atoms with van der Waals surface area (Å²) in [6.45, 7) is 3.84. The molecule has 21 heavy (non-hydrogen) atoms. The number of nitrogen functional groups attached to an aromatic ring is 1. The smallest absolute Gasteiger partial charge is 0.208 e. The van der Waals surface area contributed by atoms with Crippen molar-refractivity contribution < 1.29 is 4.79 Å². The molecule has 2 aromatic rings. The van der Waals surface area contributed by atoms with Crippen molar-refractivity contribution in [2.45, 2.75) is 6.42 Å². The van der Waals surface area contributed by atoms with E-state index in [0.29, 0.717) is 10.4 Å². The average molecular weight is 303 g/mol. The highest BCUT2D eigenvalue weighted by Crippen LogP contribution is 2.26. The molecule has 0 amide bonds. The minimum absolute atomic E-state index is 0.114. The zero-order chi connectivity index (χ0) is 14.7. The molecule has 6 nitrogen and oxygen atoms in total. The van der Waals surface area contributed by atoms with E-state index in [9.17, 15) is 4.79 Å². The largest absolute Gasteiger partial charge is 0.383 e.